The second kappa shape index (κ2) is 22.1. The summed E-state index contributed by atoms with van der Waals surface area (Å²) in [6.45, 7) is -1.91. The number of nitrogen functional groups attached to an aromatic ring is 3. The monoisotopic (exact) mass is 1170 g/mol. The first-order valence-electron chi connectivity index (χ1n) is 23.6. The summed E-state index contributed by atoms with van der Waals surface area (Å²) in [4.78, 5) is 112. The molecule has 0 amide bonds. The number of aliphatic hydroxyl groups excluding tert-OH is 2. The molecular formula is C39H50N15O22P3. The molecule has 0 aromatic carbocycles. The molecule has 37 nitrogen and oxygen atoms in total. The fourth-order valence-electron chi connectivity index (χ4n) is 9.23. The minimum Gasteiger partial charge on any atom is -0.394 e. The number of phosphoric ester groups is 3. The van der Waals surface area contributed by atoms with Crippen molar-refractivity contribution in [2.24, 2.45) is 0 Å². The van der Waals surface area contributed by atoms with Crippen molar-refractivity contribution < 1.29 is 84.7 Å². The number of aromatic amines is 2. The lowest BCUT2D eigenvalue weighted by Gasteiger charge is -2.25. The highest BCUT2D eigenvalue weighted by atomic mass is 31.2. The van der Waals surface area contributed by atoms with Crippen molar-refractivity contribution in [3.05, 3.63) is 84.7 Å². The molecule has 0 saturated carbocycles. The summed E-state index contributed by atoms with van der Waals surface area (Å²) in [6.07, 6.45) is -10.9. The standard InChI is InChI=1S/C39H50N15O22P3/c1-16-8-52(39(60)50-35(16)57)28-5-18(21(9-55)70-28)74-78(63,64)68-12-24-20(7-29(73-24)54-15-46-31-34(54)48-37(42)49-36(31)58)76-79(65,66)69-11-23-19(6-27(72-23)51-3-2-25(40)47-38(51)59)75-77(61,62)67-10-22-17(56)4-26(71-22)53-14-45-30-32(41)43-13-44-33(30)53/h2-3,8,13-15,17-24,26-29,55-56H,4-7,9-12H2,1H3,(H,61,62)(H,63,64)(H,65,66)(H2,40,47,59)(H2,41,43,44)(H,50,57,60)(H3,42,48,49,58)/t17?,18?,19-,20-,21+,22+,23+,24+,26?,27+,28+,29+/m0/s1. The first-order chi connectivity index (χ1) is 37.4. The van der Waals surface area contributed by atoms with E-state index in [-0.39, 0.29) is 52.7 Å². The molecule has 6 aromatic rings. The number of hydrogen-bond donors (Lipinski definition) is 10. The number of nitrogens with two attached hydrogens (primary N) is 3. The highest BCUT2D eigenvalue weighted by molar-refractivity contribution is 7.48. The Labute approximate surface area is 439 Å². The predicted octanol–water partition coefficient (Wildman–Crippen LogP) is -2.17. The van der Waals surface area contributed by atoms with Crippen molar-refractivity contribution in [2.45, 2.75) is 106 Å². The van der Waals surface area contributed by atoms with Crippen LogP contribution in [-0.2, 0) is 59.8 Å². The molecule has 4 saturated heterocycles. The number of nitrogens with zero attached hydrogens (tertiary/aromatic N) is 10. The molecule has 0 spiro atoms. The van der Waals surface area contributed by atoms with Gasteiger partial charge in [0.2, 0.25) is 5.95 Å². The first-order valence-corrected chi connectivity index (χ1v) is 28.1. The van der Waals surface area contributed by atoms with Crippen LogP contribution in [0.15, 0.2) is 56.6 Å². The summed E-state index contributed by atoms with van der Waals surface area (Å²) in [5, 5.41) is 20.9. The van der Waals surface area contributed by atoms with Gasteiger partial charge in [-0.15, -0.1) is 0 Å². The van der Waals surface area contributed by atoms with Crippen LogP contribution in [0.2, 0.25) is 0 Å². The van der Waals surface area contributed by atoms with Crippen molar-refractivity contribution in [3.8, 4) is 0 Å². The van der Waals surface area contributed by atoms with Crippen LogP contribution >= 0.6 is 23.5 Å². The zero-order chi connectivity index (χ0) is 56.3. The number of aliphatic hydroxyl groups is 2. The van der Waals surface area contributed by atoms with E-state index in [2.05, 4.69) is 39.9 Å². The zero-order valence-corrected chi connectivity index (χ0v) is 43.5. The van der Waals surface area contributed by atoms with Crippen LogP contribution in [0.3, 0.4) is 0 Å². The van der Waals surface area contributed by atoms with Gasteiger partial charge in [-0.2, -0.15) is 9.97 Å². The SMILES string of the molecule is Cc1cn([C@H]2CC(OP(=O)(O)OC[C@H]3O[C@@H](n4cnc5c(=O)[nH]c(N)nc54)C[C@@H]3OP(=O)(O)OC[C@H]3O[C@@H](n4ccc(N)nc4=O)C[C@@H]3OP(=O)(O)OC[C@H]3OC(n4cnc5c(N)ncnc54)CC3O)[C@@H](CO)O2)c(=O)[nH]c1=O. The summed E-state index contributed by atoms with van der Waals surface area (Å²) in [6, 6.07) is 1.26. The number of aryl methyl sites for hydroxylation is 1. The number of hydrogen-bond acceptors (Lipinski definition) is 28. The molecule has 4 aliphatic rings. The number of anilines is 3. The summed E-state index contributed by atoms with van der Waals surface area (Å²) in [7, 11) is -15.8. The fourth-order valence-corrected chi connectivity index (χ4v) is 12.1. The molecule has 10 rings (SSSR count). The third kappa shape index (κ3) is 12.2. The number of rotatable bonds is 20. The van der Waals surface area contributed by atoms with Crippen molar-refractivity contribution >= 4 is 63.4 Å². The predicted molar refractivity (Wildman–Crippen MR) is 260 cm³/mol. The first kappa shape index (κ1) is 56.2. The maximum atomic E-state index is 13.9. The Bertz CT molecular complexity index is 3650. The Hall–Kier alpha value is -6.05. The molecule has 10 heterocycles. The van der Waals surface area contributed by atoms with Crippen LogP contribution in [0, 0.1) is 6.92 Å². The van der Waals surface area contributed by atoms with E-state index in [9.17, 15) is 57.8 Å². The molecular weight excluding hydrogens is 1120 g/mol. The number of nitrogens with one attached hydrogen (secondary N) is 2. The molecule has 4 fully saturated rings. The Kier molecular flexibility index (Phi) is 15.7. The minimum absolute atomic E-state index is 0.0217. The summed E-state index contributed by atoms with van der Waals surface area (Å²) in [5.41, 5.74) is 14.6. The van der Waals surface area contributed by atoms with Crippen LogP contribution in [0.4, 0.5) is 17.6 Å². The van der Waals surface area contributed by atoms with Gasteiger partial charge >= 0.3 is 34.8 Å². The van der Waals surface area contributed by atoms with E-state index in [1.807, 2.05) is 0 Å². The average molecular weight is 1170 g/mol. The molecule has 4 aliphatic heterocycles. The van der Waals surface area contributed by atoms with Crippen LogP contribution in [-0.4, -0.2) is 158 Å². The quantitative estimate of drug-likeness (QED) is 0.0364. The van der Waals surface area contributed by atoms with Gasteiger partial charge in [-0.05, 0) is 13.0 Å². The van der Waals surface area contributed by atoms with E-state index >= 15 is 0 Å². The van der Waals surface area contributed by atoms with Gasteiger partial charge in [0, 0.05) is 43.6 Å². The van der Waals surface area contributed by atoms with Gasteiger partial charge in [-0.1, -0.05) is 0 Å². The number of imidazole rings is 2. The number of H-pyrrole nitrogens is 2. The number of fused-ring (bicyclic) bond motifs is 2. The van der Waals surface area contributed by atoms with Crippen molar-refractivity contribution in [3.63, 3.8) is 0 Å². The molecule has 6 aromatic heterocycles. The third-order valence-electron chi connectivity index (χ3n) is 13.0. The lowest BCUT2D eigenvalue weighted by atomic mass is 10.2. The second-order valence-electron chi connectivity index (χ2n) is 18.3. The normalized spacial score (nSPS) is 29.5. The van der Waals surface area contributed by atoms with Gasteiger partial charge in [0.05, 0.1) is 45.2 Å². The number of phosphoric acid groups is 3. The van der Waals surface area contributed by atoms with E-state index in [4.69, 9.17) is 63.3 Å². The molecule has 40 heteroatoms. The molecule has 6 unspecified atom stereocenters. The van der Waals surface area contributed by atoms with Crippen LogP contribution in [0.5, 0.6) is 0 Å². The van der Waals surface area contributed by atoms with E-state index in [0.29, 0.717) is 5.65 Å². The fraction of sp³-hybridized carbons (Fsp3) is 0.538. The lowest BCUT2D eigenvalue weighted by Crippen LogP contribution is -2.33. The van der Waals surface area contributed by atoms with Crippen molar-refractivity contribution in [1.29, 1.82) is 0 Å². The largest absolute Gasteiger partial charge is 0.472 e. The van der Waals surface area contributed by atoms with Crippen LogP contribution < -0.4 is 39.7 Å². The van der Waals surface area contributed by atoms with Gasteiger partial charge < -0.3 is 61.0 Å². The summed E-state index contributed by atoms with van der Waals surface area (Å²) >= 11 is 0. The molecule has 0 bridgehead atoms. The molecule has 428 valence electrons. The van der Waals surface area contributed by atoms with E-state index < -0.39 is 159 Å². The van der Waals surface area contributed by atoms with Gasteiger partial charge in [0.1, 0.15) is 85.3 Å². The molecule has 15 atom stereocenters. The highest BCUT2D eigenvalue weighted by Gasteiger charge is 2.48. The maximum Gasteiger partial charge on any atom is 0.472 e. The Morgan fingerprint density at radius 2 is 1.16 bits per heavy atom. The summed E-state index contributed by atoms with van der Waals surface area (Å²) < 4.78 is 102. The molecule has 79 heavy (non-hydrogen) atoms. The number of ether oxygens (including phenoxy) is 4. The third-order valence-corrected chi connectivity index (χ3v) is 16.1. The van der Waals surface area contributed by atoms with Gasteiger partial charge in [-0.25, -0.2) is 43.2 Å². The number of aromatic nitrogens is 12. The summed E-state index contributed by atoms with van der Waals surface area (Å²) in [5.74, 6) is -0.355. The average Bonchev–Trinajstić information content (AvgIpc) is 4.41. The van der Waals surface area contributed by atoms with Crippen molar-refractivity contribution in [1.82, 2.24) is 58.1 Å². The Balaban J connectivity index is 0.829. The van der Waals surface area contributed by atoms with Gasteiger partial charge in [0.15, 0.2) is 22.6 Å². The van der Waals surface area contributed by atoms with Gasteiger partial charge in [-0.3, -0.25) is 65.0 Å². The van der Waals surface area contributed by atoms with E-state index in [1.165, 1.54) is 47.2 Å². The second-order valence-corrected chi connectivity index (χ2v) is 22.5. The van der Waals surface area contributed by atoms with E-state index in [1.54, 1.807) is 0 Å². The zero-order valence-electron chi connectivity index (χ0n) is 40.8. The smallest absolute Gasteiger partial charge is 0.394 e. The van der Waals surface area contributed by atoms with Gasteiger partial charge in [0.25, 0.3) is 11.1 Å². The Morgan fingerprint density at radius 1 is 0.646 bits per heavy atom. The van der Waals surface area contributed by atoms with Crippen molar-refractivity contribution in [2.75, 3.05) is 43.6 Å². The van der Waals surface area contributed by atoms with Crippen LogP contribution in [0.1, 0.15) is 56.2 Å². The molecule has 0 aliphatic carbocycles. The van der Waals surface area contributed by atoms with Crippen LogP contribution in [0.25, 0.3) is 22.3 Å². The minimum atomic E-state index is -5.38. The maximum absolute atomic E-state index is 13.9. The lowest BCUT2D eigenvalue weighted by molar-refractivity contribution is -0.0630. The van der Waals surface area contributed by atoms with E-state index in [0.717, 1.165) is 15.5 Å². The highest BCUT2D eigenvalue weighted by Crippen LogP contribution is 2.54. The molecule has 0 radical (unpaired) electrons. The Morgan fingerprint density at radius 3 is 1.77 bits per heavy atom. The topological polar surface area (TPSA) is 520 Å². The molecule has 13 N–H and O–H groups in total.